The molecule has 1 atom stereocenters. The smallest absolute Gasteiger partial charge is 0.189 e. The first-order valence-corrected chi connectivity index (χ1v) is 6.32. The van der Waals surface area contributed by atoms with Gasteiger partial charge >= 0.3 is 0 Å². The summed E-state index contributed by atoms with van der Waals surface area (Å²) < 4.78 is 13.7. The Kier molecular flexibility index (Phi) is 5.41. The summed E-state index contributed by atoms with van der Waals surface area (Å²) in [6, 6.07) is 5.22. The van der Waals surface area contributed by atoms with Crippen LogP contribution in [0.25, 0.3) is 0 Å². The van der Waals surface area contributed by atoms with Gasteiger partial charge in [0.1, 0.15) is 5.82 Å². The van der Waals surface area contributed by atoms with Crippen molar-refractivity contribution in [3.63, 3.8) is 0 Å². The molecule has 1 aromatic carbocycles. The quantitative estimate of drug-likeness (QED) is 0.664. The standard InChI is InChI=1S/C12H17BrFN3/c1-3-8(2)17-12(15)16-7-9-4-5-10(13)11(14)6-9/h4-6,8H,3,7H2,1-2H3,(H3,15,16,17). The first kappa shape index (κ1) is 14.0. The lowest BCUT2D eigenvalue weighted by atomic mass is 10.2. The molecular weight excluding hydrogens is 285 g/mol. The molecule has 1 rings (SSSR count). The lowest BCUT2D eigenvalue weighted by Gasteiger charge is -2.11. The number of nitrogens with two attached hydrogens (primary N) is 1. The largest absolute Gasteiger partial charge is 0.370 e. The summed E-state index contributed by atoms with van der Waals surface area (Å²) in [6.07, 6.45) is 0.975. The van der Waals surface area contributed by atoms with Gasteiger partial charge in [-0.15, -0.1) is 0 Å². The third-order valence-electron chi connectivity index (χ3n) is 2.42. The summed E-state index contributed by atoms with van der Waals surface area (Å²) in [5.74, 6) is 0.105. The van der Waals surface area contributed by atoms with Crippen LogP contribution in [0.5, 0.6) is 0 Å². The average molecular weight is 302 g/mol. The van der Waals surface area contributed by atoms with Gasteiger partial charge in [0.2, 0.25) is 0 Å². The molecule has 0 saturated carbocycles. The van der Waals surface area contributed by atoms with E-state index >= 15 is 0 Å². The van der Waals surface area contributed by atoms with Gasteiger partial charge in [0, 0.05) is 6.04 Å². The fourth-order valence-corrected chi connectivity index (χ4v) is 1.46. The molecule has 0 amide bonds. The third kappa shape index (κ3) is 4.73. The number of hydrogen-bond donors (Lipinski definition) is 2. The predicted molar refractivity (Wildman–Crippen MR) is 72.3 cm³/mol. The molecule has 0 fully saturated rings. The van der Waals surface area contributed by atoms with E-state index in [1.54, 1.807) is 6.07 Å². The summed E-state index contributed by atoms with van der Waals surface area (Å²) in [6.45, 7) is 4.47. The fourth-order valence-electron chi connectivity index (χ4n) is 1.21. The summed E-state index contributed by atoms with van der Waals surface area (Å²) in [5, 5.41) is 3.05. The summed E-state index contributed by atoms with van der Waals surface area (Å²) >= 11 is 3.10. The van der Waals surface area contributed by atoms with Crippen molar-refractivity contribution in [3.8, 4) is 0 Å². The van der Waals surface area contributed by atoms with Crippen molar-refractivity contribution < 1.29 is 4.39 Å². The minimum Gasteiger partial charge on any atom is -0.370 e. The Hall–Kier alpha value is -1.10. The second-order valence-corrected chi connectivity index (χ2v) is 4.76. The van der Waals surface area contributed by atoms with Crippen LogP contribution in [0, 0.1) is 5.82 Å². The minimum atomic E-state index is -0.286. The van der Waals surface area contributed by atoms with Crippen molar-refractivity contribution in [1.29, 1.82) is 0 Å². The molecule has 0 aliphatic carbocycles. The zero-order valence-electron chi connectivity index (χ0n) is 10.0. The first-order valence-electron chi connectivity index (χ1n) is 5.53. The van der Waals surface area contributed by atoms with E-state index in [2.05, 4.69) is 33.2 Å². The highest BCUT2D eigenvalue weighted by atomic mass is 79.9. The van der Waals surface area contributed by atoms with Crippen LogP contribution in [0.15, 0.2) is 27.7 Å². The number of nitrogens with one attached hydrogen (secondary N) is 1. The molecule has 0 heterocycles. The van der Waals surface area contributed by atoms with Crippen molar-refractivity contribution in [2.75, 3.05) is 0 Å². The van der Waals surface area contributed by atoms with Gasteiger partial charge < -0.3 is 11.1 Å². The van der Waals surface area contributed by atoms with E-state index < -0.39 is 0 Å². The average Bonchev–Trinajstić information content (AvgIpc) is 2.30. The van der Waals surface area contributed by atoms with Crippen molar-refractivity contribution in [2.45, 2.75) is 32.9 Å². The van der Waals surface area contributed by atoms with Crippen LogP contribution in [0.1, 0.15) is 25.8 Å². The van der Waals surface area contributed by atoms with Gasteiger partial charge in [-0.1, -0.05) is 13.0 Å². The first-order chi connectivity index (χ1) is 8.02. The van der Waals surface area contributed by atoms with E-state index in [4.69, 9.17) is 5.73 Å². The van der Waals surface area contributed by atoms with Crippen molar-refractivity contribution in [3.05, 3.63) is 34.1 Å². The van der Waals surface area contributed by atoms with E-state index in [-0.39, 0.29) is 5.82 Å². The van der Waals surface area contributed by atoms with Gasteiger partial charge in [-0.3, -0.25) is 0 Å². The second kappa shape index (κ2) is 6.59. The lowest BCUT2D eigenvalue weighted by Crippen LogP contribution is -2.38. The molecule has 3 N–H and O–H groups in total. The minimum absolute atomic E-state index is 0.286. The fraction of sp³-hybridized carbons (Fsp3) is 0.417. The maximum atomic E-state index is 13.2. The molecule has 0 aromatic heterocycles. The van der Waals surface area contributed by atoms with Crippen molar-refractivity contribution in [1.82, 2.24) is 5.32 Å². The predicted octanol–water partition coefficient (Wildman–Crippen LogP) is 2.79. The Morgan fingerprint density at radius 3 is 2.88 bits per heavy atom. The molecular formula is C12H17BrFN3. The maximum Gasteiger partial charge on any atom is 0.189 e. The molecule has 0 spiro atoms. The van der Waals surface area contributed by atoms with E-state index in [9.17, 15) is 4.39 Å². The Bertz CT molecular complexity index is 407. The number of hydrogen-bond acceptors (Lipinski definition) is 1. The maximum absolute atomic E-state index is 13.2. The number of aliphatic imine (C=N–C) groups is 1. The molecule has 1 unspecified atom stereocenters. The Morgan fingerprint density at radius 2 is 2.29 bits per heavy atom. The van der Waals surface area contributed by atoms with Gasteiger partial charge in [-0.25, -0.2) is 9.38 Å². The zero-order valence-corrected chi connectivity index (χ0v) is 11.6. The number of nitrogens with zero attached hydrogens (tertiary/aromatic N) is 1. The Morgan fingerprint density at radius 1 is 1.59 bits per heavy atom. The molecule has 17 heavy (non-hydrogen) atoms. The Balaban J connectivity index is 2.59. The topological polar surface area (TPSA) is 50.4 Å². The molecule has 0 saturated heterocycles. The SMILES string of the molecule is CCC(C)NC(N)=NCc1ccc(Br)c(F)c1. The summed E-state index contributed by atoms with van der Waals surface area (Å²) in [4.78, 5) is 4.15. The van der Waals surface area contributed by atoms with Crippen LogP contribution in [-0.4, -0.2) is 12.0 Å². The molecule has 0 radical (unpaired) electrons. The van der Waals surface area contributed by atoms with Crippen molar-refractivity contribution in [2.24, 2.45) is 10.7 Å². The molecule has 0 bridgehead atoms. The zero-order chi connectivity index (χ0) is 12.8. The van der Waals surface area contributed by atoms with E-state index in [1.165, 1.54) is 6.07 Å². The molecule has 5 heteroatoms. The molecule has 0 aliphatic heterocycles. The van der Waals surface area contributed by atoms with E-state index in [1.807, 2.05) is 13.0 Å². The highest BCUT2D eigenvalue weighted by molar-refractivity contribution is 9.10. The lowest BCUT2D eigenvalue weighted by molar-refractivity contribution is 0.618. The van der Waals surface area contributed by atoms with Gasteiger partial charge in [-0.05, 0) is 47.0 Å². The van der Waals surface area contributed by atoms with Gasteiger partial charge in [0.25, 0.3) is 0 Å². The monoisotopic (exact) mass is 301 g/mol. The van der Waals surface area contributed by atoms with Gasteiger partial charge in [-0.2, -0.15) is 0 Å². The van der Waals surface area contributed by atoms with Crippen LogP contribution in [-0.2, 0) is 6.54 Å². The third-order valence-corrected chi connectivity index (χ3v) is 3.07. The second-order valence-electron chi connectivity index (χ2n) is 3.90. The van der Waals surface area contributed by atoms with Crippen LogP contribution < -0.4 is 11.1 Å². The van der Waals surface area contributed by atoms with Gasteiger partial charge in [0.15, 0.2) is 5.96 Å². The number of rotatable bonds is 4. The molecule has 0 aliphatic rings. The number of benzene rings is 1. The van der Waals surface area contributed by atoms with Crippen LogP contribution >= 0.6 is 15.9 Å². The number of guanidine groups is 1. The number of halogens is 2. The molecule has 1 aromatic rings. The molecule has 94 valence electrons. The van der Waals surface area contributed by atoms with Crippen LogP contribution in [0.2, 0.25) is 0 Å². The van der Waals surface area contributed by atoms with E-state index in [0.29, 0.717) is 23.0 Å². The van der Waals surface area contributed by atoms with E-state index in [0.717, 1.165) is 12.0 Å². The van der Waals surface area contributed by atoms with Crippen LogP contribution in [0.4, 0.5) is 4.39 Å². The normalized spacial score (nSPS) is 13.5. The van der Waals surface area contributed by atoms with Crippen LogP contribution in [0.3, 0.4) is 0 Å². The van der Waals surface area contributed by atoms with Gasteiger partial charge in [0.05, 0.1) is 11.0 Å². The molecule has 3 nitrogen and oxygen atoms in total. The summed E-state index contributed by atoms with van der Waals surface area (Å²) in [7, 11) is 0. The van der Waals surface area contributed by atoms with Crippen molar-refractivity contribution >= 4 is 21.9 Å². The highest BCUT2D eigenvalue weighted by Crippen LogP contribution is 2.16. The highest BCUT2D eigenvalue weighted by Gasteiger charge is 2.01. The Labute approximate surface area is 109 Å². The summed E-state index contributed by atoms with van der Waals surface area (Å²) in [5.41, 5.74) is 6.49.